The second-order valence-corrected chi connectivity index (χ2v) is 7.28. The zero-order valence-corrected chi connectivity index (χ0v) is 14.6. The maximum absolute atomic E-state index is 12.5. The van der Waals surface area contributed by atoms with Crippen molar-refractivity contribution in [2.75, 3.05) is 11.6 Å². The SMILES string of the molecule is CSc1cccc(NC(=O)c2cc3cc4ccccc4nc3s2)c1. The van der Waals surface area contributed by atoms with Crippen molar-refractivity contribution in [1.82, 2.24) is 4.98 Å². The molecule has 0 radical (unpaired) electrons. The van der Waals surface area contributed by atoms with Crippen LogP contribution in [0.5, 0.6) is 0 Å². The maximum Gasteiger partial charge on any atom is 0.265 e. The van der Waals surface area contributed by atoms with Crippen molar-refractivity contribution >= 4 is 55.8 Å². The topological polar surface area (TPSA) is 42.0 Å². The van der Waals surface area contributed by atoms with Crippen molar-refractivity contribution in [3.63, 3.8) is 0 Å². The molecule has 0 atom stereocenters. The number of amides is 1. The van der Waals surface area contributed by atoms with Crippen LogP contribution in [-0.2, 0) is 0 Å². The fraction of sp³-hybridized carbons (Fsp3) is 0.0526. The normalized spacial score (nSPS) is 11.0. The molecular formula is C19H14N2OS2. The third-order valence-electron chi connectivity index (χ3n) is 3.76. The van der Waals surface area contributed by atoms with Gasteiger partial charge in [0.2, 0.25) is 0 Å². The number of thioether (sulfide) groups is 1. The van der Waals surface area contributed by atoms with Crippen LogP contribution < -0.4 is 5.32 Å². The Morgan fingerprint density at radius 3 is 2.79 bits per heavy atom. The number of carbonyl (C=O) groups is 1. The minimum atomic E-state index is -0.0969. The van der Waals surface area contributed by atoms with Crippen LogP contribution in [0, 0.1) is 0 Å². The predicted molar refractivity (Wildman–Crippen MR) is 103 cm³/mol. The lowest BCUT2D eigenvalue weighted by Gasteiger charge is -2.04. The van der Waals surface area contributed by atoms with E-state index in [0.717, 1.165) is 31.7 Å². The average Bonchev–Trinajstić information content (AvgIpc) is 3.03. The fourth-order valence-corrected chi connectivity index (χ4v) is 3.96. The van der Waals surface area contributed by atoms with Gasteiger partial charge in [-0.25, -0.2) is 4.98 Å². The van der Waals surface area contributed by atoms with Gasteiger partial charge in [0.1, 0.15) is 4.83 Å². The number of fused-ring (bicyclic) bond motifs is 2. The molecule has 3 nitrogen and oxygen atoms in total. The number of aromatic nitrogens is 1. The number of rotatable bonds is 3. The molecule has 0 bridgehead atoms. The molecule has 0 fully saturated rings. The molecule has 0 unspecified atom stereocenters. The van der Waals surface area contributed by atoms with Crippen LogP contribution in [0.4, 0.5) is 5.69 Å². The van der Waals surface area contributed by atoms with Crippen molar-refractivity contribution in [2.24, 2.45) is 0 Å². The molecule has 118 valence electrons. The molecule has 0 spiro atoms. The first kappa shape index (κ1) is 15.2. The van der Waals surface area contributed by atoms with Gasteiger partial charge >= 0.3 is 0 Å². The Balaban J connectivity index is 1.67. The minimum Gasteiger partial charge on any atom is -0.321 e. The molecule has 2 heterocycles. The van der Waals surface area contributed by atoms with E-state index in [1.54, 1.807) is 11.8 Å². The Bertz CT molecular complexity index is 1000. The third kappa shape index (κ3) is 2.88. The van der Waals surface area contributed by atoms with E-state index in [0.29, 0.717) is 4.88 Å². The number of benzene rings is 2. The quantitative estimate of drug-likeness (QED) is 0.501. The van der Waals surface area contributed by atoms with Crippen LogP contribution in [-0.4, -0.2) is 17.1 Å². The largest absolute Gasteiger partial charge is 0.321 e. The zero-order chi connectivity index (χ0) is 16.5. The van der Waals surface area contributed by atoms with Gasteiger partial charge in [-0.3, -0.25) is 4.79 Å². The minimum absolute atomic E-state index is 0.0969. The summed E-state index contributed by atoms with van der Waals surface area (Å²) in [6.45, 7) is 0. The average molecular weight is 350 g/mol. The number of nitrogens with one attached hydrogen (secondary N) is 1. The first-order chi connectivity index (χ1) is 11.7. The summed E-state index contributed by atoms with van der Waals surface area (Å²) in [6, 6.07) is 19.8. The monoisotopic (exact) mass is 350 g/mol. The summed E-state index contributed by atoms with van der Waals surface area (Å²) in [5, 5.41) is 5.05. The molecule has 1 N–H and O–H groups in total. The number of anilines is 1. The standard InChI is InChI=1S/C19H14N2OS2/c1-23-15-7-4-6-14(11-15)20-18(22)17-10-13-9-12-5-2-3-8-16(12)21-19(13)24-17/h2-11H,1H3,(H,20,22). The lowest BCUT2D eigenvalue weighted by atomic mass is 10.2. The number of hydrogen-bond donors (Lipinski definition) is 1. The number of carbonyl (C=O) groups excluding carboxylic acids is 1. The smallest absolute Gasteiger partial charge is 0.265 e. The molecule has 0 aliphatic carbocycles. The lowest BCUT2D eigenvalue weighted by molar-refractivity contribution is 0.103. The number of para-hydroxylation sites is 1. The summed E-state index contributed by atoms with van der Waals surface area (Å²) in [7, 11) is 0. The van der Waals surface area contributed by atoms with Crippen molar-refractivity contribution in [2.45, 2.75) is 4.90 Å². The molecule has 5 heteroatoms. The summed E-state index contributed by atoms with van der Waals surface area (Å²) >= 11 is 3.07. The van der Waals surface area contributed by atoms with Crippen LogP contribution in [0.3, 0.4) is 0 Å². The van der Waals surface area contributed by atoms with E-state index in [1.807, 2.05) is 60.9 Å². The summed E-state index contributed by atoms with van der Waals surface area (Å²) < 4.78 is 0. The Morgan fingerprint density at radius 1 is 1.04 bits per heavy atom. The van der Waals surface area contributed by atoms with E-state index in [-0.39, 0.29) is 5.91 Å². The predicted octanol–water partition coefficient (Wildman–Crippen LogP) is 5.42. The fourth-order valence-electron chi connectivity index (χ4n) is 2.58. The van der Waals surface area contributed by atoms with Gasteiger partial charge in [0.05, 0.1) is 10.4 Å². The number of thiophene rings is 1. The molecule has 4 rings (SSSR count). The Labute approximate surface area is 147 Å². The van der Waals surface area contributed by atoms with Gasteiger partial charge in [0.15, 0.2) is 0 Å². The van der Waals surface area contributed by atoms with Gasteiger partial charge in [-0.2, -0.15) is 0 Å². The summed E-state index contributed by atoms with van der Waals surface area (Å²) in [5.74, 6) is -0.0969. The Morgan fingerprint density at radius 2 is 1.92 bits per heavy atom. The summed E-state index contributed by atoms with van der Waals surface area (Å²) in [5.41, 5.74) is 1.76. The molecule has 0 aliphatic heterocycles. The molecule has 24 heavy (non-hydrogen) atoms. The summed E-state index contributed by atoms with van der Waals surface area (Å²) in [6.07, 6.45) is 2.02. The van der Waals surface area contributed by atoms with Crippen LogP contribution in [0.25, 0.3) is 21.1 Å². The third-order valence-corrected chi connectivity index (χ3v) is 5.53. The van der Waals surface area contributed by atoms with Crippen molar-refractivity contribution < 1.29 is 4.79 Å². The van der Waals surface area contributed by atoms with E-state index < -0.39 is 0 Å². The van der Waals surface area contributed by atoms with Gasteiger partial charge in [0.25, 0.3) is 5.91 Å². The number of nitrogens with zero attached hydrogens (tertiary/aromatic N) is 1. The van der Waals surface area contributed by atoms with E-state index in [1.165, 1.54) is 11.3 Å². The molecule has 0 saturated carbocycles. The molecule has 0 saturated heterocycles. The molecule has 1 amide bonds. The molecule has 0 aliphatic rings. The molecule has 4 aromatic rings. The highest BCUT2D eigenvalue weighted by atomic mass is 32.2. The summed E-state index contributed by atoms with van der Waals surface area (Å²) in [4.78, 5) is 19.9. The number of hydrogen-bond acceptors (Lipinski definition) is 4. The van der Waals surface area contributed by atoms with Gasteiger partial charge in [0, 0.05) is 21.4 Å². The van der Waals surface area contributed by atoms with Crippen molar-refractivity contribution in [3.05, 3.63) is 65.5 Å². The second kappa shape index (κ2) is 6.26. The van der Waals surface area contributed by atoms with Gasteiger partial charge in [-0.15, -0.1) is 23.1 Å². The zero-order valence-electron chi connectivity index (χ0n) is 12.9. The molecular weight excluding hydrogens is 336 g/mol. The van der Waals surface area contributed by atoms with Crippen molar-refractivity contribution in [1.29, 1.82) is 0 Å². The van der Waals surface area contributed by atoms with Crippen LogP contribution in [0.2, 0.25) is 0 Å². The molecule has 2 aromatic heterocycles. The van der Waals surface area contributed by atoms with E-state index in [4.69, 9.17) is 0 Å². The van der Waals surface area contributed by atoms with Crippen LogP contribution in [0.1, 0.15) is 9.67 Å². The molecule has 2 aromatic carbocycles. The van der Waals surface area contributed by atoms with Gasteiger partial charge in [-0.1, -0.05) is 24.3 Å². The van der Waals surface area contributed by atoms with E-state index in [9.17, 15) is 4.79 Å². The highest BCUT2D eigenvalue weighted by Gasteiger charge is 2.12. The van der Waals surface area contributed by atoms with Crippen molar-refractivity contribution in [3.8, 4) is 0 Å². The van der Waals surface area contributed by atoms with Crippen LogP contribution >= 0.6 is 23.1 Å². The number of pyridine rings is 1. The van der Waals surface area contributed by atoms with Crippen LogP contribution in [0.15, 0.2) is 65.6 Å². The van der Waals surface area contributed by atoms with E-state index >= 15 is 0 Å². The highest BCUT2D eigenvalue weighted by molar-refractivity contribution is 7.98. The second-order valence-electron chi connectivity index (χ2n) is 5.37. The van der Waals surface area contributed by atoms with Gasteiger partial charge in [-0.05, 0) is 42.7 Å². The first-order valence-corrected chi connectivity index (χ1v) is 9.52. The van der Waals surface area contributed by atoms with E-state index in [2.05, 4.69) is 16.4 Å². The first-order valence-electron chi connectivity index (χ1n) is 7.48. The maximum atomic E-state index is 12.5. The lowest BCUT2D eigenvalue weighted by Crippen LogP contribution is -2.09. The Hall–Kier alpha value is -2.37. The highest BCUT2D eigenvalue weighted by Crippen LogP contribution is 2.28. The van der Waals surface area contributed by atoms with Gasteiger partial charge < -0.3 is 5.32 Å². The Kier molecular flexibility index (Phi) is 3.96.